The number of rotatable bonds is 6. The quantitative estimate of drug-likeness (QED) is 0.766. The fraction of sp³-hybridized carbons (Fsp3) is 0.125. The first-order chi connectivity index (χ1) is 10.6. The minimum atomic E-state index is -0.964. The summed E-state index contributed by atoms with van der Waals surface area (Å²) >= 11 is 0. The van der Waals surface area contributed by atoms with Gasteiger partial charge in [0, 0.05) is 16.5 Å². The maximum atomic E-state index is 10.0. The van der Waals surface area contributed by atoms with E-state index >= 15 is 0 Å². The van der Waals surface area contributed by atoms with E-state index in [2.05, 4.69) is 0 Å². The summed E-state index contributed by atoms with van der Waals surface area (Å²) in [5.74, 6) is -0.771. The van der Waals surface area contributed by atoms with Crippen LogP contribution in [0.4, 0.5) is 0 Å². The fourth-order valence-electron chi connectivity index (χ4n) is 1.32. The standard InChI is InChI=1S/2C8H8O3.Ni/c2*9-8(10)6-11-7-4-2-1-3-5-7;/h2*1-5H,6H2,(H,9,10);. The molecular weight excluding hydrogens is 347 g/mol. The van der Waals surface area contributed by atoms with Crippen molar-refractivity contribution in [2.45, 2.75) is 0 Å². The van der Waals surface area contributed by atoms with E-state index in [1.54, 1.807) is 48.5 Å². The predicted octanol–water partition coefficient (Wildman–Crippen LogP) is 2.30. The summed E-state index contributed by atoms with van der Waals surface area (Å²) in [5.41, 5.74) is 0. The molecule has 0 bridgehead atoms. The molecule has 23 heavy (non-hydrogen) atoms. The summed E-state index contributed by atoms with van der Waals surface area (Å²) in [7, 11) is 0. The molecule has 2 N–H and O–H groups in total. The van der Waals surface area contributed by atoms with Gasteiger partial charge in [0.25, 0.3) is 0 Å². The zero-order chi connectivity index (χ0) is 16.2. The van der Waals surface area contributed by atoms with Gasteiger partial charge in [-0.3, -0.25) is 0 Å². The Morgan fingerprint density at radius 1 is 0.696 bits per heavy atom. The minimum absolute atomic E-state index is 0. The molecule has 2 rings (SSSR count). The van der Waals surface area contributed by atoms with Crippen molar-refractivity contribution < 1.29 is 45.8 Å². The van der Waals surface area contributed by atoms with E-state index in [4.69, 9.17) is 19.7 Å². The van der Waals surface area contributed by atoms with Crippen molar-refractivity contribution in [3.05, 3.63) is 60.7 Å². The fourth-order valence-corrected chi connectivity index (χ4v) is 1.32. The zero-order valence-corrected chi connectivity index (χ0v) is 13.0. The summed E-state index contributed by atoms with van der Waals surface area (Å²) < 4.78 is 9.74. The molecule has 2 aromatic carbocycles. The van der Waals surface area contributed by atoms with Gasteiger partial charge < -0.3 is 19.7 Å². The summed E-state index contributed by atoms with van der Waals surface area (Å²) in [6.45, 7) is -0.575. The van der Waals surface area contributed by atoms with Gasteiger partial charge in [0.15, 0.2) is 13.2 Å². The molecule has 0 radical (unpaired) electrons. The molecule has 2 aromatic rings. The molecule has 0 saturated carbocycles. The van der Waals surface area contributed by atoms with Crippen molar-refractivity contribution in [1.82, 2.24) is 0 Å². The van der Waals surface area contributed by atoms with Gasteiger partial charge in [-0.2, -0.15) is 0 Å². The van der Waals surface area contributed by atoms with Gasteiger partial charge >= 0.3 is 11.9 Å². The van der Waals surface area contributed by atoms with Gasteiger partial charge in [-0.1, -0.05) is 36.4 Å². The van der Waals surface area contributed by atoms with Crippen molar-refractivity contribution in [3.8, 4) is 11.5 Å². The minimum Gasteiger partial charge on any atom is -0.482 e. The third-order valence-electron chi connectivity index (χ3n) is 2.21. The second kappa shape index (κ2) is 12.1. The van der Waals surface area contributed by atoms with Gasteiger partial charge in [0.1, 0.15) is 11.5 Å². The van der Waals surface area contributed by atoms with E-state index < -0.39 is 11.9 Å². The van der Waals surface area contributed by atoms with Crippen LogP contribution in [0.25, 0.3) is 0 Å². The molecule has 7 heteroatoms. The van der Waals surface area contributed by atoms with Crippen LogP contribution in [0.15, 0.2) is 60.7 Å². The second-order valence-corrected chi connectivity index (χ2v) is 3.99. The molecule has 0 aliphatic heterocycles. The van der Waals surface area contributed by atoms with E-state index in [0.29, 0.717) is 11.5 Å². The van der Waals surface area contributed by atoms with Gasteiger partial charge in [0.2, 0.25) is 0 Å². The Morgan fingerprint density at radius 3 is 1.26 bits per heavy atom. The SMILES string of the molecule is O=C(O)COc1ccccc1.O=C(O)COc1ccccc1.[Ni]. The van der Waals surface area contributed by atoms with Gasteiger partial charge in [-0.15, -0.1) is 0 Å². The van der Waals surface area contributed by atoms with Crippen LogP contribution < -0.4 is 9.47 Å². The molecule has 0 fully saturated rings. The first-order valence-electron chi connectivity index (χ1n) is 6.37. The van der Waals surface area contributed by atoms with Gasteiger partial charge in [0.05, 0.1) is 0 Å². The molecule has 0 spiro atoms. The number of para-hydroxylation sites is 2. The molecule has 126 valence electrons. The molecule has 0 heterocycles. The normalized spacial score (nSPS) is 8.70. The molecule has 0 unspecified atom stereocenters. The second-order valence-electron chi connectivity index (χ2n) is 3.99. The summed E-state index contributed by atoms with van der Waals surface area (Å²) in [4.78, 5) is 20.1. The largest absolute Gasteiger partial charge is 0.482 e. The molecule has 6 nitrogen and oxygen atoms in total. The number of hydrogen-bond donors (Lipinski definition) is 2. The van der Waals surface area contributed by atoms with E-state index in [1.165, 1.54) is 0 Å². The molecular formula is C16H16NiO6. The molecule has 0 saturated heterocycles. The maximum absolute atomic E-state index is 10.0. The Bertz CT molecular complexity index is 520. The zero-order valence-electron chi connectivity index (χ0n) is 12.0. The van der Waals surface area contributed by atoms with Crippen molar-refractivity contribution in [2.24, 2.45) is 0 Å². The Balaban J connectivity index is 0.000000403. The smallest absolute Gasteiger partial charge is 0.341 e. The topological polar surface area (TPSA) is 93.1 Å². The van der Waals surface area contributed by atoms with Crippen LogP contribution in [0.5, 0.6) is 11.5 Å². The van der Waals surface area contributed by atoms with Crippen molar-refractivity contribution in [2.75, 3.05) is 13.2 Å². The Morgan fingerprint density at radius 2 is 1.00 bits per heavy atom. The molecule has 0 amide bonds. The van der Waals surface area contributed by atoms with Crippen LogP contribution in [0, 0.1) is 0 Å². The number of benzene rings is 2. The molecule has 0 atom stereocenters. The summed E-state index contributed by atoms with van der Waals surface area (Å²) in [6, 6.07) is 17.7. The number of aliphatic carboxylic acids is 2. The summed E-state index contributed by atoms with van der Waals surface area (Å²) in [5, 5.41) is 16.5. The van der Waals surface area contributed by atoms with E-state index in [-0.39, 0.29) is 29.7 Å². The molecule has 0 aliphatic carbocycles. The van der Waals surface area contributed by atoms with Gasteiger partial charge in [-0.25, -0.2) is 9.59 Å². The van der Waals surface area contributed by atoms with Crippen LogP contribution in [0.3, 0.4) is 0 Å². The van der Waals surface area contributed by atoms with Crippen molar-refractivity contribution in [1.29, 1.82) is 0 Å². The van der Waals surface area contributed by atoms with E-state index in [1.807, 2.05) is 12.1 Å². The molecule has 0 aromatic heterocycles. The predicted molar refractivity (Wildman–Crippen MR) is 79.1 cm³/mol. The third-order valence-corrected chi connectivity index (χ3v) is 2.21. The van der Waals surface area contributed by atoms with Crippen LogP contribution in [-0.4, -0.2) is 35.4 Å². The first kappa shape index (κ1) is 20.5. The van der Waals surface area contributed by atoms with E-state index in [9.17, 15) is 9.59 Å². The number of carboxylic acids is 2. The maximum Gasteiger partial charge on any atom is 0.341 e. The van der Waals surface area contributed by atoms with Crippen LogP contribution in [0.2, 0.25) is 0 Å². The van der Waals surface area contributed by atoms with Gasteiger partial charge in [-0.05, 0) is 24.3 Å². The average molecular weight is 363 g/mol. The van der Waals surface area contributed by atoms with Crippen molar-refractivity contribution in [3.63, 3.8) is 0 Å². The summed E-state index contributed by atoms with van der Waals surface area (Å²) in [6.07, 6.45) is 0. The molecule has 0 aliphatic rings. The Labute approximate surface area is 143 Å². The van der Waals surface area contributed by atoms with Crippen LogP contribution in [-0.2, 0) is 26.1 Å². The first-order valence-corrected chi connectivity index (χ1v) is 6.37. The Hall–Kier alpha value is -2.53. The number of hydrogen-bond acceptors (Lipinski definition) is 4. The number of carbonyl (C=O) groups is 2. The van der Waals surface area contributed by atoms with Crippen molar-refractivity contribution >= 4 is 11.9 Å². The van der Waals surface area contributed by atoms with E-state index in [0.717, 1.165) is 0 Å². The average Bonchev–Trinajstić information content (AvgIpc) is 2.53. The number of ether oxygens (including phenoxy) is 2. The Kier molecular flexibility index (Phi) is 10.7. The third kappa shape index (κ3) is 10.8. The van der Waals surface area contributed by atoms with Crippen LogP contribution in [0.1, 0.15) is 0 Å². The number of carboxylic acid groups (broad SMARTS) is 2. The van der Waals surface area contributed by atoms with Crippen LogP contribution >= 0.6 is 0 Å². The monoisotopic (exact) mass is 362 g/mol.